The maximum Gasteiger partial charge on any atom is 0.335 e. The predicted molar refractivity (Wildman–Crippen MR) is 88.8 cm³/mol. The maximum atomic E-state index is 12.5. The summed E-state index contributed by atoms with van der Waals surface area (Å²) >= 11 is 0. The van der Waals surface area contributed by atoms with Crippen LogP contribution in [0.3, 0.4) is 0 Å². The molecule has 0 spiro atoms. The summed E-state index contributed by atoms with van der Waals surface area (Å²) in [6, 6.07) is 8.88. The minimum absolute atomic E-state index is 0.147. The van der Waals surface area contributed by atoms with E-state index in [1.165, 1.54) is 0 Å². The molecule has 1 aliphatic rings. The molecule has 1 aromatic heterocycles. The Balaban J connectivity index is 1.53. The van der Waals surface area contributed by atoms with Crippen molar-refractivity contribution >= 4 is 11.9 Å². The first-order valence-corrected chi connectivity index (χ1v) is 8.22. The molecule has 2 heterocycles. The number of carboxylic acid groups (broad SMARTS) is 1. The van der Waals surface area contributed by atoms with Gasteiger partial charge < -0.3 is 10.0 Å². The number of aryl methyl sites for hydroxylation is 1. The molecule has 0 radical (unpaired) electrons. The molecule has 24 heavy (non-hydrogen) atoms. The van der Waals surface area contributed by atoms with E-state index in [1.54, 1.807) is 30.5 Å². The van der Waals surface area contributed by atoms with Gasteiger partial charge in [-0.05, 0) is 43.0 Å². The van der Waals surface area contributed by atoms with Gasteiger partial charge in [0.15, 0.2) is 0 Å². The number of carbonyl (C=O) groups excluding carboxylic acids is 1. The van der Waals surface area contributed by atoms with E-state index in [1.807, 2.05) is 21.8 Å². The number of carbonyl (C=O) groups is 2. The summed E-state index contributed by atoms with van der Waals surface area (Å²) in [6.07, 6.45) is 6.82. The fraction of sp³-hybridized carbons (Fsp3) is 0.389. The monoisotopic (exact) mass is 327 g/mol. The summed E-state index contributed by atoms with van der Waals surface area (Å²) in [7, 11) is 0. The maximum absolute atomic E-state index is 12.5. The number of hydrogen-bond acceptors (Lipinski definition) is 3. The van der Waals surface area contributed by atoms with Crippen LogP contribution in [0.1, 0.15) is 41.2 Å². The van der Waals surface area contributed by atoms with Crippen LogP contribution in [0, 0.1) is 0 Å². The lowest BCUT2D eigenvalue weighted by atomic mass is 10.0. The van der Waals surface area contributed by atoms with Crippen LogP contribution in [0.2, 0.25) is 0 Å². The van der Waals surface area contributed by atoms with E-state index in [0.717, 1.165) is 24.9 Å². The van der Waals surface area contributed by atoms with Gasteiger partial charge in [0.05, 0.1) is 11.6 Å². The molecular formula is C18H21N3O3. The van der Waals surface area contributed by atoms with Gasteiger partial charge >= 0.3 is 5.97 Å². The number of hydrogen-bond donors (Lipinski definition) is 1. The van der Waals surface area contributed by atoms with Gasteiger partial charge in [-0.2, -0.15) is 5.10 Å². The standard InChI is InChI=1S/C18H21N3O3/c22-17(9-6-14-4-7-15(8-5-14)18(23)24)20-11-1-3-16(13-20)21-12-2-10-19-21/h2,4-5,7-8,10,12,16H,1,3,6,9,11,13H2,(H,23,24). The Labute approximate surface area is 140 Å². The second-order valence-electron chi connectivity index (χ2n) is 6.12. The van der Waals surface area contributed by atoms with Gasteiger partial charge in [0.25, 0.3) is 0 Å². The van der Waals surface area contributed by atoms with Gasteiger partial charge in [-0.15, -0.1) is 0 Å². The Morgan fingerprint density at radius 2 is 2.04 bits per heavy atom. The van der Waals surface area contributed by atoms with Gasteiger partial charge in [0, 0.05) is 31.9 Å². The lowest BCUT2D eigenvalue weighted by Crippen LogP contribution is -2.40. The van der Waals surface area contributed by atoms with Crippen molar-refractivity contribution in [2.24, 2.45) is 0 Å². The zero-order valence-electron chi connectivity index (χ0n) is 13.5. The molecule has 0 aliphatic carbocycles. The van der Waals surface area contributed by atoms with E-state index in [2.05, 4.69) is 5.10 Å². The SMILES string of the molecule is O=C(O)c1ccc(CCC(=O)N2CCCC(n3cccn3)C2)cc1. The van der Waals surface area contributed by atoms with Crippen LogP contribution in [0.25, 0.3) is 0 Å². The van der Waals surface area contributed by atoms with Gasteiger partial charge in [0.1, 0.15) is 0 Å². The minimum atomic E-state index is -0.935. The number of aromatic carboxylic acids is 1. The molecule has 1 atom stereocenters. The fourth-order valence-corrected chi connectivity index (χ4v) is 3.12. The van der Waals surface area contributed by atoms with Crippen molar-refractivity contribution < 1.29 is 14.7 Å². The molecule has 1 saturated heterocycles. The topological polar surface area (TPSA) is 75.4 Å². The highest BCUT2D eigenvalue weighted by Gasteiger charge is 2.24. The third-order valence-corrected chi connectivity index (χ3v) is 4.48. The summed E-state index contributed by atoms with van der Waals surface area (Å²) in [5.74, 6) is -0.787. The lowest BCUT2D eigenvalue weighted by Gasteiger charge is -2.33. The van der Waals surface area contributed by atoms with Crippen LogP contribution in [-0.4, -0.2) is 44.8 Å². The Hall–Kier alpha value is -2.63. The van der Waals surface area contributed by atoms with E-state index in [-0.39, 0.29) is 17.5 Å². The fourth-order valence-electron chi connectivity index (χ4n) is 3.12. The second kappa shape index (κ2) is 7.29. The van der Waals surface area contributed by atoms with Crippen molar-refractivity contribution in [2.45, 2.75) is 31.7 Å². The first-order chi connectivity index (χ1) is 11.6. The van der Waals surface area contributed by atoms with Crippen molar-refractivity contribution in [3.05, 3.63) is 53.9 Å². The minimum Gasteiger partial charge on any atom is -0.478 e. The van der Waals surface area contributed by atoms with Crippen molar-refractivity contribution in [3.63, 3.8) is 0 Å². The van der Waals surface area contributed by atoms with Crippen LogP contribution in [0.4, 0.5) is 0 Å². The average Bonchev–Trinajstić information content (AvgIpc) is 3.15. The van der Waals surface area contributed by atoms with E-state index < -0.39 is 5.97 Å². The molecule has 1 N–H and O–H groups in total. The van der Waals surface area contributed by atoms with Crippen molar-refractivity contribution in [1.82, 2.24) is 14.7 Å². The van der Waals surface area contributed by atoms with E-state index in [0.29, 0.717) is 19.4 Å². The van der Waals surface area contributed by atoms with Crippen LogP contribution in [0.5, 0.6) is 0 Å². The number of amides is 1. The quantitative estimate of drug-likeness (QED) is 0.915. The molecule has 1 amide bonds. The molecule has 2 aromatic rings. The Morgan fingerprint density at radius 3 is 2.71 bits per heavy atom. The lowest BCUT2D eigenvalue weighted by molar-refractivity contribution is -0.132. The van der Waals surface area contributed by atoms with Crippen molar-refractivity contribution in [1.29, 1.82) is 0 Å². The summed E-state index contributed by atoms with van der Waals surface area (Å²) in [6.45, 7) is 1.51. The molecule has 6 heteroatoms. The highest BCUT2D eigenvalue weighted by molar-refractivity contribution is 5.87. The molecule has 6 nitrogen and oxygen atoms in total. The second-order valence-corrected chi connectivity index (χ2v) is 6.12. The molecule has 3 rings (SSSR count). The van der Waals surface area contributed by atoms with Crippen LogP contribution in [0.15, 0.2) is 42.7 Å². The normalized spacial score (nSPS) is 17.7. The molecule has 0 saturated carbocycles. The first kappa shape index (κ1) is 16.2. The van der Waals surface area contributed by atoms with Gasteiger partial charge in [0.2, 0.25) is 5.91 Å². The van der Waals surface area contributed by atoms with Gasteiger partial charge in [-0.1, -0.05) is 12.1 Å². The van der Waals surface area contributed by atoms with E-state index in [9.17, 15) is 9.59 Å². The van der Waals surface area contributed by atoms with Gasteiger partial charge in [-0.25, -0.2) is 4.79 Å². The summed E-state index contributed by atoms with van der Waals surface area (Å²) < 4.78 is 1.93. The Morgan fingerprint density at radius 1 is 1.25 bits per heavy atom. The summed E-state index contributed by atoms with van der Waals surface area (Å²) in [4.78, 5) is 25.2. The highest BCUT2D eigenvalue weighted by atomic mass is 16.4. The van der Waals surface area contributed by atoms with Crippen molar-refractivity contribution in [2.75, 3.05) is 13.1 Å². The van der Waals surface area contributed by atoms with Crippen LogP contribution in [-0.2, 0) is 11.2 Å². The summed E-state index contributed by atoms with van der Waals surface area (Å²) in [5, 5.41) is 13.2. The summed E-state index contributed by atoms with van der Waals surface area (Å²) in [5.41, 5.74) is 1.25. The van der Waals surface area contributed by atoms with Crippen LogP contribution >= 0.6 is 0 Å². The van der Waals surface area contributed by atoms with E-state index in [4.69, 9.17) is 5.11 Å². The Kier molecular flexibility index (Phi) is 4.93. The molecule has 1 aliphatic heterocycles. The molecule has 0 bridgehead atoms. The van der Waals surface area contributed by atoms with Gasteiger partial charge in [-0.3, -0.25) is 9.48 Å². The van der Waals surface area contributed by atoms with E-state index >= 15 is 0 Å². The molecule has 1 fully saturated rings. The highest BCUT2D eigenvalue weighted by Crippen LogP contribution is 2.21. The number of likely N-dealkylation sites (tertiary alicyclic amines) is 1. The number of rotatable bonds is 5. The number of benzene rings is 1. The third kappa shape index (κ3) is 3.82. The van der Waals surface area contributed by atoms with Crippen LogP contribution < -0.4 is 0 Å². The average molecular weight is 327 g/mol. The zero-order chi connectivity index (χ0) is 16.9. The number of nitrogens with zero attached hydrogens (tertiary/aromatic N) is 3. The molecular weight excluding hydrogens is 306 g/mol. The largest absolute Gasteiger partial charge is 0.478 e. The van der Waals surface area contributed by atoms with Crippen molar-refractivity contribution in [3.8, 4) is 0 Å². The predicted octanol–water partition coefficient (Wildman–Crippen LogP) is 2.38. The molecule has 1 unspecified atom stereocenters. The number of piperidine rings is 1. The zero-order valence-corrected chi connectivity index (χ0v) is 13.5. The first-order valence-electron chi connectivity index (χ1n) is 8.22. The number of aromatic nitrogens is 2. The third-order valence-electron chi connectivity index (χ3n) is 4.48. The number of carboxylic acids is 1. The smallest absolute Gasteiger partial charge is 0.335 e. The molecule has 126 valence electrons. The molecule has 1 aromatic carbocycles. The Bertz CT molecular complexity index is 695.